The fraction of sp³-hybridized carbons (Fsp3) is 0.0625. The number of amides is 1. The second kappa shape index (κ2) is 6.69. The average molecular weight is 312 g/mol. The van der Waals surface area contributed by atoms with Gasteiger partial charge in [-0.25, -0.2) is 14.4 Å². The van der Waals surface area contributed by atoms with Crippen LogP contribution in [-0.4, -0.2) is 15.9 Å². The summed E-state index contributed by atoms with van der Waals surface area (Å²) >= 11 is 0. The zero-order chi connectivity index (χ0) is 16.1. The number of hydrogen-bond acceptors (Lipinski definition) is 5. The Hall–Kier alpha value is -3.22. The summed E-state index contributed by atoms with van der Waals surface area (Å²) < 4.78 is 18.7. The van der Waals surface area contributed by atoms with Crippen molar-refractivity contribution in [1.29, 1.82) is 0 Å². The summed E-state index contributed by atoms with van der Waals surface area (Å²) in [6.07, 6.45) is 4.31. The molecule has 1 aromatic carbocycles. The highest BCUT2D eigenvalue weighted by molar-refractivity contribution is 6.03. The maximum Gasteiger partial charge on any atom is 0.258 e. The lowest BCUT2D eigenvalue weighted by molar-refractivity contribution is 0.102. The molecule has 2 heterocycles. The van der Waals surface area contributed by atoms with Crippen LogP contribution in [0.2, 0.25) is 0 Å². The van der Waals surface area contributed by atoms with Crippen molar-refractivity contribution >= 4 is 17.5 Å². The second-order valence-electron chi connectivity index (χ2n) is 4.66. The van der Waals surface area contributed by atoms with Crippen molar-refractivity contribution in [2.75, 3.05) is 10.6 Å². The Kier molecular flexibility index (Phi) is 4.28. The van der Waals surface area contributed by atoms with E-state index in [9.17, 15) is 9.18 Å². The number of benzene rings is 1. The number of nitrogens with zero attached hydrogens (tertiary/aromatic N) is 2. The summed E-state index contributed by atoms with van der Waals surface area (Å²) in [5.41, 5.74) is 0.342. The number of hydrogen-bond donors (Lipinski definition) is 2. The molecule has 23 heavy (non-hydrogen) atoms. The largest absolute Gasteiger partial charge is 0.467 e. The lowest BCUT2D eigenvalue weighted by Crippen LogP contribution is -2.14. The van der Waals surface area contributed by atoms with Crippen LogP contribution in [0.25, 0.3) is 0 Å². The third kappa shape index (κ3) is 3.70. The van der Waals surface area contributed by atoms with E-state index >= 15 is 0 Å². The molecule has 0 saturated carbocycles. The minimum atomic E-state index is -0.501. The predicted molar refractivity (Wildman–Crippen MR) is 82.4 cm³/mol. The maximum atomic E-state index is 13.5. The first-order valence-corrected chi connectivity index (χ1v) is 6.86. The molecule has 1 amide bonds. The molecule has 0 spiro atoms. The minimum absolute atomic E-state index is 0.109. The van der Waals surface area contributed by atoms with Gasteiger partial charge < -0.3 is 15.1 Å². The molecule has 2 N–H and O–H groups in total. The molecule has 0 aliphatic heterocycles. The van der Waals surface area contributed by atoms with E-state index in [1.165, 1.54) is 24.5 Å². The van der Waals surface area contributed by atoms with E-state index in [1.807, 2.05) is 6.07 Å². The van der Waals surface area contributed by atoms with Gasteiger partial charge in [-0.2, -0.15) is 0 Å². The van der Waals surface area contributed by atoms with Crippen molar-refractivity contribution in [2.24, 2.45) is 0 Å². The van der Waals surface area contributed by atoms with Gasteiger partial charge in [-0.15, -0.1) is 0 Å². The highest BCUT2D eigenvalue weighted by atomic mass is 19.1. The van der Waals surface area contributed by atoms with Gasteiger partial charge in [0.2, 0.25) is 5.95 Å². The van der Waals surface area contributed by atoms with E-state index in [0.29, 0.717) is 12.5 Å². The molecule has 7 heteroatoms. The molecule has 0 aliphatic rings. The number of nitrogens with one attached hydrogen (secondary N) is 2. The minimum Gasteiger partial charge on any atom is -0.467 e. The first kappa shape index (κ1) is 14.7. The number of rotatable bonds is 5. The monoisotopic (exact) mass is 312 g/mol. The van der Waals surface area contributed by atoms with Crippen LogP contribution in [0.1, 0.15) is 16.1 Å². The van der Waals surface area contributed by atoms with Crippen LogP contribution in [0.15, 0.2) is 59.5 Å². The predicted octanol–water partition coefficient (Wildman–Crippen LogP) is 3.07. The molecule has 116 valence electrons. The van der Waals surface area contributed by atoms with Crippen molar-refractivity contribution in [1.82, 2.24) is 9.97 Å². The highest BCUT2D eigenvalue weighted by Crippen LogP contribution is 2.14. The summed E-state index contributed by atoms with van der Waals surface area (Å²) in [6, 6.07) is 9.54. The molecule has 0 aliphatic carbocycles. The number of carbonyl (C=O) groups is 1. The number of para-hydroxylation sites is 1. The van der Waals surface area contributed by atoms with E-state index in [2.05, 4.69) is 20.6 Å². The van der Waals surface area contributed by atoms with Crippen LogP contribution in [0.3, 0.4) is 0 Å². The summed E-state index contributed by atoms with van der Waals surface area (Å²) in [5, 5.41) is 5.44. The smallest absolute Gasteiger partial charge is 0.258 e. The Bertz CT molecular complexity index is 788. The van der Waals surface area contributed by atoms with Crippen LogP contribution < -0.4 is 10.6 Å². The second-order valence-corrected chi connectivity index (χ2v) is 4.66. The third-order valence-electron chi connectivity index (χ3n) is 3.04. The lowest BCUT2D eigenvalue weighted by atomic mass is 10.2. The van der Waals surface area contributed by atoms with Gasteiger partial charge in [0, 0.05) is 12.4 Å². The Balaban J connectivity index is 1.62. The number of furan rings is 1. The third-order valence-corrected chi connectivity index (χ3v) is 3.04. The Morgan fingerprint density at radius 1 is 1.13 bits per heavy atom. The first-order chi connectivity index (χ1) is 11.2. The van der Waals surface area contributed by atoms with Gasteiger partial charge in [-0.3, -0.25) is 4.79 Å². The van der Waals surface area contributed by atoms with E-state index in [0.717, 1.165) is 5.76 Å². The van der Waals surface area contributed by atoms with Crippen molar-refractivity contribution in [3.8, 4) is 0 Å². The SMILES string of the molecule is O=C(Nc1ccccc1F)c1cnc(NCc2ccco2)nc1. The fourth-order valence-electron chi connectivity index (χ4n) is 1.87. The summed E-state index contributed by atoms with van der Waals surface area (Å²) in [7, 11) is 0. The molecule has 0 saturated heterocycles. The van der Waals surface area contributed by atoms with Crippen LogP contribution in [0.4, 0.5) is 16.0 Å². The fourth-order valence-corrected chi connectivity index (χ4v) is 1.87. The molecule has 6 nitrogen and oxygen atoms in total. The summed E-state index contributed by atoms with van der Waals surface area (Å²) in [5.74, 6) is 0.130. The van der Waals surface area contributed by atoms with Gasteiger partial charge in [0.05, 0.1) is 24.1 Å². The summed E-state index contributed by atoms with van der Waals surface area (Å²) in [4.78, 5) is 20.1. The summed E-state index contributed by atoms with van der Waals surface area (Å²) in [6.45, 7) is 0.438. The standard InChI is InChI=1S/C16H13FN4O2/c17-13-5-1-2-6-14(13)21-15(22)11-8-18-16(19-9-11)20-10-12-4-3-7-23-12/h1-9H,10H2,(H,21,22)(H,18,19,20). The lowest BCUT2D eigenvalue weighted by Gasteiger charge is -2.06. The van der Waals surface area contributed by atoms with Crippen molar-refractivity contribution < 1.29 is 13.6 Å². The van der Waals surface area contributed by atoms with E-state index in [1.54, 1.807) is 24.5 Å². The Morgan fingerprint density at radius 3 is 2.61 bits per heavy atom. The van der Waals surface area contributed by atoms with Crippen molar-refractivity contribution in [3.05, 3.63) is 72.2 Å². The highest BCUT2D eigenvalue weighted by Gasteiger charge is 2.10. The van der Waals surface area contributed by atoms with Crippen LogP contribution >= 0.6 is 0 Å². The van der Waals surface area contributed by atoms with Gasteiger partial charge in [-0.05, 0) is 24.3 Å². The zero-order valence-electron chi connectivity index (χ0n) is 12.0. The molecule has 0 atom stereocenters. The molecule has 3 aromatic rings. The Morgan fingerprint density at radius 2 is 1.91 bits per heavy atom. The molecule has 2 aromatic heterocycles. The molecule has 0 unspecified atom stereocenters. The van der Waals surface area contributed by atoms with Crippen LogP contribution in [0, 0.1) is 5.82 Å². The first-order valence-electron chi connectivity index (χ1n) is 6.86. The maximum absolute atomic E-state index is 13.5. The van der Waals surface area contributed by atoms with Gasteiger partial charge >= 0.3 is 0 Å². The van der Waals surface area contributed by atoms with Crippen LogP contribution in [-0.2, 0) is 6.54 Å². The molecule has 0 radical (unpaired) electrons. The van der Waals surface area contributed by atoms with Gasteiger partial charge in [0.15, 0.2) is 0 Å². The van der Waals surface area contributed by atoms with Crippen LogP contribution in [0.5, 0.6) is 0 Å². The molecular weight excluding hydrogens is 299 g/mol. The number of aromatic nitrogens is 2. The van der Waals surface area contributed by atoms with Gasteiger partial charge in [0.25, 0.3) is 5.91 Å². The number of halogens is 1. The number of anilines is 2. The van der Waals surface area contributed by atoms with Gasteiger partial charge in [0.1, 0.15) is 11.6 Å². The average Bonchev–Trinajstić information content (AvgIpc) is 3.09. The molecule has 3 rings (SSSR count). The molecule has 0 fully saturated rings. The normalized spacial score (nSPS) is 10.3. The van der Waals surface area contributed by atoms with Crippen molar-refractivity contribution in [2.45, 2.75) is 6.54 Å². The zero-order valence-corrected chi connectivity index (χ0v) is 12.0. The molecule has 0 bridgehead atoms. The molecular formula is C16H13FN4O2. The quantitative estimate of drug-likeness (QED) is 0.757. The Labute approximate surface area is 131 Å². The topological polar surface area (TPSA) is 80.0 Å². The van der Waals surface area contributed by atoms with E-state index < -0.39 is 11.7 Å². The van der Waals surface area contributed by atoms with Gasteiger partial charge in [-0.1, -0.05) is 12.1 Å². The van der Waals surface area contributed by atoms with Crippen molar-refractivity contribution in [3.63, 3.8) is 0 Å². The number of carbonyl (C=O) groups excluding carboxylic acids is 1. The van der Waals surface area contributed by atoms with E-state index in [4.69, 9.17) is 4.42 Å². The van der Waals surface area contributed by atoms with E-state index in [-0.39, 0.29) is 11.3 Å².